The Morgan fingerprint density at radius 3 is 2.52 bits per heavy atom. The van der Waals surface area contributed by atoms with E-state index >= 15 is 0 Å². The van der Waals surface area contributed by atoms with Crippen molar-refractivity contribution in [1.82, 2.24) is 5.32 Å². The van der Waals surface area contributed by atoms with Gasteiger partial charge >= 0.3 is 5.97 Å². The summed E-state index contributed by atoms with van der Waals surface area (Å²) < 4.78 is 10.3. The lowest BCUT2D eigenvalue weighted by Gasteiger charge is -2.15. The smallest absolute Gasteiger partial charge is 0.338 e. The minimum Gasteiger partial charge on any atom is -0.484 e. The standard InChI is InChI=1S/C19H20ClNO4/c1-3-24-19(23)14-7-9-17(10-8-14)25-12-18(22)21-13(2)15-5-4-6-16(20)11-15/h4-11,13H,3,12H2,1-2H3,(H,21,22)/t13-/m1/s1. The molecule has 2 aromatic carbocycles. The molecule has 5 nitrogen and oxygen atoms in total. The highest BCUT2D eigenvalue weighted by Crippen LogP contribution is 2.17. The lowest BCUT2D eigenvalue weighted by Crippen LogP contribution is -2.31. The summed E-state index contributed by atoms with van der Waals surface area (Å²) in [7, 11) is 0. The van der Waals surface area contributed by atoms with Gasteiger partial charge in [0.05, 0.1) is 18.2 Å². The number of hydrogen-bond acceptors (Lipinski definition) is 4. The molecule has 0 unspecified atom stereocenters. The molecule has 6 heteroatoms. The van der Waals surface area contributed by atoms with Crippen LogP contribution in [-0.2, 0) is 9.53 Å². The SMILES string of the molecule is CCOC(=O)c1ccc(OCC(=O)N[C@H](C)c2cccc(Cl)c2)cc1. The molecule has 0 saturated carbocycles. The van der Waals surface area contributed by atoms with Gasteiger partial charge in [-0.05, 0) is 55.8 Å². The molecule has 1 amide bonds. The van der Waals surface area contributed by atoms with E-state index in [4.69, 9.17) is 21.1 Å². The van der Waals surface area contributed by atoms with Gasteiger partial charge in [0.15, 0.2) is 6.61 Å². The summed E-state index contributed by atoms with van der Waals surface area (Å²) in [5.41, 5.74) is 1.35. The molecule has 1 N–H and O–H groups in total. The maximum Gasteiger partial charge on any atom is 0.338 e. The van der Waals surface area contributed by atoms with Gasteiger partial charge in [0.2, 0.25) is 0 Å². The summed E-state index contributed by atoms with van der Waals surface area (Å²) in [6.07, 6.45) is 0. The van der Waals surface area contributed by atoms with Crippen molar-refractivity contribution < 1.29 is 19.1 Å². The Bertz CT molecular complexity index is 730. The fourth-order valence-corrected chi connectivity index (χ4v) is 2.39. The van der Waals surface area contributed by atoms with Gasteiger partial charge in [0.1, 0.15) is 5.75 Å². The van der Waals surface area contributed by atoms with Gasteiger partial charge in [0.25, 0.3) is 5.91 Å². The van der Waals surface area contributed by atoms with Crippen molar-refractivity contribution in [2.45, 2.75) is 19.9 Å². The molecular weight excluding hydrogens is 342 g/mol. The normalized spacial score (nSPS) is 11.5. The predicted molar refractivity (Wildman–Crippen MR) is 95.9 cm³/mol. The lowest BCUT2D eigenvalue weighted by atomic mass is 10.1. The van der Waals surface area contributed by atoms with E-state index in [2.05, 4.69) is 5.32 Å². The first-order chi connectivity index (χ1) is 12.0. The van der Waals surface area contributed by atoms with Crippen molar-refractivity contribution in [3.63, 3.8) is 0 Å². The Hall–Kier alpha value is -2.53. The largest absolute Gasteiger partial charge is 0.484 e. The van der Waals surface area contributed by atoms with Crippen LogP contribution in [0, 0.1) is 0 Å². The third-order valence-corrected chi connectivity index (χ3v) is 3.70. The van der Waals surface area contributed by atoms with Crippen LogP contribution in [0.4, 0.5) is 0 Å². The number of rotatable bonds is 7. The zero-order chi connectivity index (χ0) is 18.2. The van der Waals surface area contributed by atoms with Crippen LogP contribution in [0.2, 0.25) is 5.02 Å². The Labute approximate surface area is 151 Å². The van der Waals surface area contributed by atoms with Gasteiger partial charge in [-0.25, -0.2) is 4.79 Å². The highest BCUT2D eigenvalue weighted by Gasteiger charge is 2.11. The monoisotopic (exact) mass is 361 g/mol. The molecule has 0 saturated heterocycles. The molecule has 0 aliphatic rings. The number of amides is 1. The van der Waals surface area contributed by atoms with E-state index in [-0.39, 0.29) is 24.5 Å². The van der Waals surface area contributed by atoms with Crippen LogP contribution in [0.25, 0.3) is 0 Å². The van der Waals surface area contributed by atoms with E-state index < -0.39 is 0 Å². The van der Waals surface area contributed by atoms with Crippen molar-refractivity contribution in [1.29, 1.82) is 0 Å². The van der Waals surface area contributed by atoms with Crippen LogP contribution in [-0.4, -0.2) is 25.1 Å². The van der Waals surface area contributed by atoms with E-state index in [1.165, 1.54) is 0 Å². The highest BCUT2D eigenvalue weighted by molar-refractivity contribution is 6.30. The highest BCUT2D eigenvalue weighted by atomic mass is 35.5. The average Bonchev–Trinajstić information content (AvgIpc) is 2.60. The molecule has 1 atom stereocenters. The Morgan fingerprint density at radius 1 is 1.16 bits per heavy atom. The van der Waals surface area contributed by atoms with Crippen molar-refractivity contribution in [2.24, 2.45) is 0 Å². The second kappa shape index (κ2) is 9.08. The third kappa shape index (κ3) is 5.80. The lowest BCUT2D eigenvalue weighted by molar-refractivity contribution is -0.123. The van der Waals surface area contributed by atoms with Crippen molar-refractivity contribution in [3.05, 3.63) is 64.7 Å². The molecule has 0 spiro atoms. The molecule has 0 radical (unpaired) electrons. The van der Waals surface area contributed by atoms with Crippen LogP contribution in [0.3, 0.4) is 0 Å². The topological polar surface area (TPSA) is 64.6 Å². The Balaban J connectivity index is 1.84. The van der Waals surface area contributed by atoms with Crippen LogP contribution in [0.15, 0.2) is 48.5 Å². The maximum absolute atomic E-state index is 12.0. The first kappa shape index (κ1) is 18.8. The third-order valence-electron chi connectivity index (χ3n) is 3.46. The minimum absolute atomic E-state index is 0.121. The fraction of sp³-hybridized carbons (Fsp3) is 0.263. The summed E-state index contributed by atoms with van der Waals surface area (Å²) in [6, 6.07) is 13.6. The molecule has 2 aromatic rings. The zero-order valence-corrected chi connectivity index (χ0v) is 14.9. The number of halogens is 1. The molecule has 0 heterocycles. The van der Waals surface area contributed by atoms with Gasteiger partial charge in [-0.2, -0.15) is 0 Å². The summed E-state index contributed by atoms with van der Waals surface area (Å²) in [6.45, 7) is 3.82. The van der Waals surface area contributed by atoms with E-state index in [9.17, 15) is 9.59 Å². The summed E-state index contributed by atoms with van der Waals surface area (Å²) >= 11 is 5.95. The van der Waals surface area contributed by atoms with Crippen molar-refractivity contribution in [3.8, 4) is 5.75 Å². The molecule has 0 aliphatic heterocycles. The van der Waals surface area contributed by atoms with Crippen molar-refractivity contribution in [2.75, 3.05) is 13.2 Å². The maximum atomic E-state index is 12.0. The van der Waals surface area contributed by atoms with Crippen LogP contribution in [0.5, 0.6) is 5.75 Å². The summed E-state index contributed by atoms with van der Waals surface area (Å²) in [5, 5.41) is 3.47. The van der Waals surface area contributed by atoms with E-state index in [1.54, 1.807) is 37.3 Å². The minimum atomic E-state index is -0.387. The number of nitrogens with one attached hydrogen (secondary N) is 1. The van der Waals surface area contributed by atoms with Gasteiger partial charge in [-0.15, -0.1) is 0 Å². The van der Waals surface area contributed by atoms with Gasteiger partial charge < -0.3 is 14.8 Å². The molecule has 132 valence electrons. The fourth-order valence-electron chi connectivity index (χ4n) is 2.19. The second-order valence-electron chi connectivity index (χ2n) is 5.38. The second-order valence-corrected chi connectivity index (χ2v) is 5.81. The first-order valence-electron chi connectivity index (χ1n) is 7.94. The molecule has 0 aromatic heterocycles. The van der Waals surface area contributed by atoms with E-state index in [0.29, 0.717) is 22.9 Å². The van der Waals surface area contributed by atoms with E-state index in [0.717, 1.165) is 5.56 Å². The summed E-state index contributed by atoms with van der Waals surface area (Å²) in [4.78, 5) is 23.6. The Morgan fingerprint density at radius 2 is 1.88 bits per heavy atom. The number of carbonyl (C=O) groups excluding carboxylic acids is 2. The number of ether oxygens (including phenoxy) is 2. The number of esters is 1. The van der Waals surface area contributed by atoms with Crippen LogP contribution >= 0.6 is 11.6 Å². The molecule has 25 heavy (non-hydrogen) atoms. The van der Waals surface area contributed by atoms with Gasteiger partial charge in [-0.3, -0.25) is 4.79 Å². The molecule has 0 fully saturated rings. The molecule has 0 aliphatic carbocycles. The Kier molecular flexibility index (Phi) is 6.83. The van der Waals surface area contributed by atoms with E-state index in [1.807, 2.05) is 25.1 Å². The van der Waals surface area contributed by atoms with Crippen LogP contribution < -0.4 is 10.1 Å². The average molecular weight is 362 g/mol. The predicted octanol–water partition coefficient (Wildman–Crippen LogP) is 3.77. The number of carbonyl (C=O) groups is 2. The van der Waals surface area contributed by atoms with Gasteiger partial charge in [0, 0.05) is 5.02 Å². The zero-order valence-electron chi connectivity index (χ0n) is 14.1. The van der Waals surface area contributed by atoms with Crippen molar-refractivity contribution >= 4 is 23.5 Å². The van der Waals surface area contributed by atoms with Gasteiger partial charge in [-0.1, -0.05) is 23.7 Å². The first-order valence-corrected chi connectivity index (χ1v) is 8.32. The van der Waals surface area contributed by atoms with Crippen LogP contribution in [0.1, 0.15) is 35.8 Å². The molecule has 2 rings (SSSR count). The molecular formula is C19H20ClNO4. The number of benzene rings is 2. The number of hydrogen-bond donors (Lipinski definition) is 1. The summed E-state index contributed by atoms with van der Waals surface area (Å²) in [5.74, 6) is -0.136. The quantitative estimate of drug-likeness (QED) is 0.762. The molecule has 0 bridgehead atoms.